The molecule has 2 aliphatic rings. The van der Waals surface area contributed by atoms with Crippen molar-refractivity contribution in [2.45, 2.75) is 76.2 Å². The van der Waals surface area contributed by atoms with E-state index < -0.39 is 0 Å². The summed E-state index contributed by atoms with van der Waals surface area (Å²) in [5.74, 6) is 0.574. The molecule has 0 atom stereocenters. The first-order valence-corrected chi connectivity index (χ1v) is 17.2. The van der Waals surface area contributed by atoms with Gasteiger partial charge in [-0.3, -0.25) is 0 Å². The average Bonchev–Trinajstić information content (AvgIpc) is 3.93. The Balaban J connectivity index is 0.000000211. The lowest BCUT2D eigenvalue weighted by atomic mass is 9.91. The molecule has 6 heteroatoms. The minimum atomic E-state index is -0.350. The molecule has 0 aliphatic heterocycles. The number of benzene rings is 4. The van der Waals surface area contributed by atoms with E-state index in [0.717, 1.165) is 18.5 Å². The summed E-state index contributed by atoms with van der Waals surface area (Å²) in [5.41, 5.74) is 14.7. The molecule has 2 fully saturated rings. The predicted molar refractivity (Wildman–Crippen MR) is 193 cm³/mol. The number of ether oxygens (including phenoxy) is 2. The topological polar surface area (TPSA) is 83.5 Å². The zero-order chi connectivity index (χ0) is 33.5. The van der Waals surface area contributed by atoms with E-state index in [4.69, 9.17) is 15.2 Å². The normalized spacial score (nSPS) is 14.9. The van der Waals surface area contributed by atoms with Crippen LogP contribution in [0, 0.1) is 0 Å². The molecular formula is C42H46N2O4. The maximum absolute atomic E-state index is 12.6. The van der Waals surface area contributed by atoms with E-state index in [1.165, 1.54) is 98.7 Å². The number of methoxy groups -OCH3 is 2. The van der Waals surface area contributed by atoms with Crippen LogP contribution in [-0.4, -0.2) is 30.7 Å². The molecule has 4 aromatic carbocycles. The molecule has 2 N–H and O–H groups in total. The first kappa shape index (κ1) is 33.1. The summed E-state index contributed by atoms with van der Waals surface area (Å²) in [6.07, 6.45) is 12.9. The largest absolute Gasteiger partial charge is 0.465 e. The zero-order valence-corrected chi connectivity index (χ0v) is 28.1. The number of aromatic nitrogens is 1. The van der Waals surface area contributed by atoms with Crippen molar-refractivity contribution in [1.29, 1.82) is 0 Å². The number of hydrogen-bond donors (Lipinski definition) is 1. The van der Waals surface area contributed by atoms with Crippen LogP contribution in [0.5, 0.6) is 0 Å². The first-order chi connectivity index (χ1) is 23.4. The van der Waals surface area contributed by atoms with E-state index in [2.05, 4.69) is 77.5 Å². The van der Waals surface area contributed by atoms with Gasteiger partial charge < -0.3 is 19.8 Å². The molecule has 48 heavy (non-hydrogen) atoms. The van der Waals surface area contributed by atoms with Crippen molar-refractivity contribution >= 4 is 28.5 Å². The Morgan fingerprint density at radius 2 is 1.29 bits per heavy atom. The third-order valence-electron chi connectivity index (χ3n) is 10.1. The molecule has 248 valence electrons. The van der Waals surface area contributed by atoms with Crippen molar-refractivity contribution in [1.82, 2.24) is 4.57 Å². The average molecular weight is 643 g/mol. The van der Waals surface area contributed by atoms with E-state index in [1.54, 1.807) is 6.07 Å². The molecule has 6 nitrogen and oxygen atoms in total. The summed E-state index contributed by atoms with van der Waals surface area (Å²) in [5, 5.41) is 1.22. The Bertz CT molecular complexity index is 1860. The number of rotatable bonds is 8. The summed E-state index contributed by atoms with van der Waals surface area (Å²) in [7, 11) is 2.85. The Morgan fingerprint density at radius 3 is 1.94 bits per heavy atom. The van der Waals surface area contributed by atoms with Gasteiger partial charge in [0.05, 0.1) is 25.3 Å². The molecule has 1 heterocycles. The fourth-order valence-electron chi connectivity index (χ4n) is 7.43. The number of hydrogen-bond acceptors (Lipinski definition) is 5. The first-order valence-electron chi connectivity index (χ1n) is 17.2. The fourth-order valence-corrected chi connectivity index (χ4v) is 7.43. The Kier molecular flexibility index (Phi) is 10.6. The van der Waals surface area contributed by atoms with Gasteiger partial charge in [0.1, 0.15) is 0 Å². The fraction of sp³-hybridized carbons (Fsp3) is 0.333. The molecule has 2 saturated carbocycles. The van der Waals surface area contributed by atoms with Crippen LogP contribution in [0.25, 0.3) is 10.9 Å². The third kappa shape index (κ3) is 7.65. The van der Waals surface area contributed by atoms with Gasteiger partial charge in [-0.05, 0) is 114 Å². The number of fused-ring (bicyclic) bond motifs is 1. The van der Waals surface area contributed by atoms with E-state index in [-0.39, 0.29) is 11.9 Å². The van der Waals surface area contributed by atoms with Crippen molar-refractivity contribution in [3.05, 3.63) is 136 Å². The van der Waals surface area contributed by atoms with Gasteiger partial charge in [0, 0.05) is 23.9 Å². The smallest absolute Gasteiger partial charge is 0.339 e. The molecule has 5 aromatic rings. The van der Waals surface area contributed by atoms with Crippen LogP contribution in [0.3, 0.4) is 0 Å². The van der Waals surface area contributed by atoms with Crippen LogP contribution in [0.2, 0.25) is 0 Å². The monoisotopic (exact) mass is 642 g/mol. The molecular weight excluding hydrogens is 596 g/mol. The number of nitrogens with two attached hydrogens (primary N) is 1. The van der Waals surface area contributed by atoms with Crippen LogP contribution in [-0.2, 0) is 22.4 Å². The highest BCUT2D eigenvalue weighted by atomic mass is 16.5. The van der Waals surface area contributed by atoms with Crippen molar-refractivity contribution in [3.63, 3.8) is 0 Å². The number of carbonyl (C=O) groups is 2. The van der Waals surface area contributed by atoms with Gasteiger partial charge in [0.15, 0.2) is 0 Å². The van der Waals surface area contributed by atoms with Crippen LogP contribution >= 0.6 is 0 Å². The summed E-state index contributed by atoms with van der Waals surface area (Å²) in [6.45, 7) is 0.860. The lowest BCUT2D eigenvalue weighted by Gasteiger charge is -2.14. The molecule has 1 aromatic heterocycles. The van der Waals surface area contributed by atoms with Crippen LogP contribution < -0.4 is 5.73 Å². The quantitative estimate of drug-likeness (QED) is 0.135. The van der Waals surface area contributed by atoms with Gasteiger partial charge in [0.25, 0.3) is 0 Å². The molecule has 0 unspecified atom stereocenters. The second-order valence-electron chi connectivity index (χ2n) is 13.2. The molecule has 0 radical (unpaired) electrons. The van der Waals surface area contributed by atoms with Gasteiger partial charge in [-0.1, -0.05) is 80.3 Å². The SMILES string of the molecule is COC(=O)c1cc(C2CCCC2)ccc1Cc1ccc2c(ccn2Cc2ccccc2)c1.COC(=O)c1cc(C2CCCC2)ccc1N. The summed E-state index contributed by atoms with van der Waals surface area (Å²) in [4.78, 5) is 24.1. The minimum absolute atomic E-state index is 0.241. The molecule has 7 rings (SSSR count). The molecule has 0 saturated heterocycles. The number of anilines is 1. The zero-order valence-electron chi connectivity index (χ0n) is 28.1. The van der Waals surface area contributed by atoms with Crippen LogP contribution in [0.1, 0.15) is 112 Å². The van der Waals surface area contributed by atoms with E-state index in [9.17, 15) is 9.59 Å². The number of carbonyl (C=O) groups excluding carboxylic acids is 2. The molecule has 2 aliphatic carbocycles. The molecule has 0 bridgehead atoms. The standard InChI is InChI=1S/C29H29NO2.C13H17NO2/c1-32-29(31)27-19-24(23-9-5-6-10-23)12-13-25(27)17-22-11-14-28-26(18-22)15-16-30(28)20-21-7-3-2-4-8-21;1-16-13(15)11-8-10(6-7-12(11)14)9-4-2-3-5-9/h2-4,7-8,11-16,18-19,23H,5-6,9-10,17,20H2,1H3;6-9H,2-5,14H2,1H3. The predicted octanol–water partition coefficient (Wildman–Crippen LogP) is 9.44. The summed E-state index contributed by atoms with van der Waals surface area (Å²) in [6, 6.07) is 31.4. The highest BCUT2D eigenvalue weighted by Gasteiger charge is 2.21. The van der Waals surface area contributed by atoms with Crippen molar-refractivity contribution in [3.8, 4) is 0 Å². The van der Waals surface area contributed by atoms with E-state index >= 15 is 0 Å². The Morgan fingerprint density at radius 1 is 0.688 bits per heavy atom. The number of nitrogen functional groups attached to an aromatic ring is 1. The van der Waals surface area contributed by atoms with E-state index in [1.807, 2.05) is 18.2 Å². The minimum Gasteiger partial charge on any atom is -0.465 e. The number of esters is 2. The van der Waals surface area contributed by atoms with Gasteiger partial charge in [-0.25, -0.2) is 9.59 Å². The second kappa shape index (κ2) is 15.4. The highest BCUT2D eigenvalue weighted by molar-refractivity contribution is 5.95. The molecule has 0 spiro atoms. The third-order valence-corrected chi connectivity index (χ3v) is 10.1. The maximum Gasteiger partial charge on any atom is 0.339 e. The van der Waals surface area contributed by atoms with Gasteiger partial charge in [0.2, 0.25) is 0 Å². The molecule has 0 amide bonds. The summed E-state index contributed by atoms with van der Waals surface area (Å²) < 4.78 is 12.1. The van der Waals surface area contributed by atoms with Crippen LogP contribution in [0.4, 0.5) is 5.69 Å². The van der Waals surface area contributed by atoms with Gasteiger partial charge >= 0.3 is 11.9 Å². The van der Waals surface area contributed by atoms with Gasteiger partial charge in [-0.2, -0.15) is 0 Å². The van der Waals surface area contributed by atoms with E-state index in [0.29, 0.717) is 28.7 Å². The maximum atomic E-state index is 12.6. The van der Waals surface area contributed by atoms with Gasteiger partial charge in [-0.15, -0.1) is 0 Å². The highest BCUT2D eigenvalue weighted by Crippen LogP contribution is 2.36. The van der Waals surface area contributed by atoms with Crippen molar-refractivity contribution < 1.29 is 19.1 Å². The lowest BCUT2D eigenvalue weighted by Crippen LogP contribution is -2.08. The lowest BCUT2D eigenvalue weighted by molar-refractivity contribution is 0.0591. The number of nitrogens with zero attached hydrogens (tertiary/aromatic N) is 1. The van der Waals surface area contributed by atoms with Crippen molar-refractivity contribution in [2.24, 2.45) is 0 Å². The Hall–Kier alpha value is -4.84. The van der Waals surface area contributed by atoms with Crippen LogP contribution in [0.15, 0.2) is 97.2 Å². The van der Waals surface area contributed by atoms with Crippen molar-refractivity contribution in [2.75, 3.05) is 20.0 Å². The Labute approximate surface area is 283 Å². The second-order valence-corrected chi connectivity index (χ2v) is 13.2. The summed E-state index contributed by atoms with van der Waals surface area (Å²) >= 11 is 0.